The number of hydrogen-bond acceptors (Lipinski definition) is 6. The van der Waals surface area contributed by atoms with Gasteiger partial charge in [-0.25, -0.2) is 4.79 Å². The molecule has 13 nitrogen and oxygen atoms in total. The summed E-state index contributed by atoms with van der Waals surface area (Å²) in [5.74, 6) is -5.16. The molecule has 0 saturated heterocycles. The maximum absolute atomic E-state index is 14.4. The number of carbonyl (C=O) groups excluding carboxylic acids is 3. The highest BCUT2D eigenvalue weighted by molar-refractivity contribution is 5.96. The van der Waals surface area contributed by atoms with Crippen LogP contribution in [0, 0.1) is 5.41 Å². The van der Waals surface area contributed by atoms with Crippen LogP contribution in [-0.2, 0) is 32.0 Å². The molecule has 57 heavy (non-hydrogen) atoms. The molecule has 3 amide bonds. The van der Waals surface area contributed by atoms with E-state index in [1.807, 2.05) is 97.1 Å². The number of halogens is 3. The zero-order valence-corrected chi connectivity index (χ0v) is 30.6. The van der Waals surface area contributed by atoms with E-state index >= 15 is 0 Å². The first-order valence-corrected chi connectivity index (χ1v) is 17.7. The second-order valence-corrected chi connectivity index (χ2v) is 13.1. The third-order valence-electron chi connectivity index (χ3n) is 8.93. The zero-order valence-electron chi connectivity index (χ0n) is 30.6. The van der Waals surface area contributed by atoms with Gasteiger partial charge in [0.15, 0.2) is 5.96 Å². The Hall–Kier alpha value is -6.97. The van der Waals surface area contributed by atoms with Crippen molar-refractivity contribution in [2.45, 2.75) is 49.9 Å². The number of amides is 3. The number of carbonyl (C=O) groups is 4. The Morgan fingerprint density at radius 1 is 0.684 bits per heavy atom. The molecule has 5 aromatic rings. The average molecular weight is 785 g/mol. The number of nitrogens with zero attached hydrogens (tertiary/aromatic N) is 1. The number of alkyl halides is 3. The standard InChI is InChI=1S/C39H42N8O3.C2HF3O2/c40-35(41)28-15-11-24(12-16-28)21-32(31-18-17-27-7-2-4-9-30(27)23-31)37(49)47-34(22-25-13-14-26-6-1-3-8-29(26)20-25)38(50)46-33(36(42)48)10-5-19-45-39(43)44;3-2(4,5)1(6)7/h1-4,6-9,11-18,20,23,32-34H,5,10,19,21-22H2,(H3,40,41)(H2,42,48)(H,46,50)(H,47,49)(H4,43,44,45);(H,6,7)/t32?,33-,34-;/m0./s1. The quantitative estimate of drug-likeness (QED) is 0.0437. The van der Waals surface area contributed by atoms with Crippen molar-refractivity contribution in [3.8, 4) is 0 Å². The molecule has 0 aliphatic heterocycles. The van der Waals surface area contributed by atoms with Crippen LogP contribution < -0.4 is 33.6 Å². The van der Waals surface area contributed by atoms with Crippen LogP contribution >= 0.6 is 0 Å². The van der Waals surface area contributed by atoms with Crippen LogP contribution in [0.5, 0.6) is 0 Å². The summed E-state index contributed by atoms with van der Waals surface area (Å²) < 4.78 is 31.7. The molecule has 16 heteroatoms. The molecular formula is C41H43F3N8O5. The summed E-state index contributed by atoms with van der Waals surface area (Å²) in [4.78, 5) is 53.6. The molecule has 0 aliphatic rings. The van der Waals surface area contributed by atoms with E-state index in [2.05, 4.69) is 15.6 Å². The molecule has 5 rings (SSSR count). The predicted molar refractivity (Wildman–Crippen MR) is 212 cm³/mol. The van der Waals surface area contributed by atoms with E-state index in [0.29, 0.717) is 18.4 Å². The normalized spacial score (nSPS) is 12.6. The Morgan fingerprint density at radius 2 is 1.21 bits per heavy atom. The van der Waals surface area contributed by atoms with Gasteiger partial charge in [0.25, 0.3) is 0 Å². The van der Waals surface area contributed by atoms with Crippen LogP contribution in [0.3, 0.4) is 0 Å². The van der Waals surface area contributed by atoms with Gasteiger partial charge >= 0.3 is 12.1 Å². The molecule has 1 unspecified atom stereocenters. The highest BCUT2D eigenvalue weighted by Crippen LogP contribution is 2.27. The fourth-order valence-corrected chi connectivity index (χ4v) is 5.99. The van der Waals surface area contributed by atoms with Gasteiger partial charge in [-0.3, -0.25) is 24.8 Å². The van der Waals surface area contributed by atoms with Crippen molar-refractivity contribution in [2.24, 2.45) is 27.9 Å². The van der Waals surface area contributed by atoms with Crippen molar-refractivity contribution in [2.75, 3.05) is 6.54 Å². The van der Waals surface area contributed by atoms with Gasteiger partial charge < -0.3 is 38.7 Å². The average Bonchev–Trinajstić information content (AvgIpc) is 3.17. The number of benzene rings is 5. The predicted octanol–water partition coefficient (Wildman–Crippen LogP) is 3.99. The van der Waals surface area contributed by atoms with Crippen LogP contribution in [0.2, 0.25) is 0 Å². The number of primary amides is 1. The van der Waals surface area contributed by atoms with Gasteiger partial charge in [-0.15, -0.1) is 0 Å². The van der Waals surface area contributed by atoms with Crippen molar-refractivity contribution < 1.29 is 37.5 Å². The number of nitrogens with one attached hydrogen (secondary N) is 3. The molecule has 5 aromatic carbocycles. The van der Waals surface area contributed by atoms with Crippen LogP contribution in [0.15, 0.2) is 114 Å². The van der Waals surface area contributed by atoms with Gasteiger partial charge in [-0.05, 0) is 57.5 Å². The minimum absolute atomic E-state index is 0.0478. The number of fused-ring (bicyclic) bond motifs is 2. The molecule has 0 saturated carbocycles. The molecule has 0 spiro atoms. The molecule has 0 fully saturated rings. The molecule has 0 aromatic heterocycles. The van der Waals surface area contributed by atoms with Gasteiger partial charge in [-0.2, -0.15) is 13.2 Å². The number of nitrogen functional groups attached to an aromatic ring is 1. The largest absolute Gasteiger partial charge is 0.490 e. The molecule has 298 valence electrons. The number of carboxylic acid groups (broad SMARTS) is 1. The SMILES string of the molecule is N=C(N)c1ccc(CC(C(=O)N[C@@H](Cc2ccc3ccccc3c2)C(=O)N[C@@H](CCCN=C(N)N)C(N)=O)c2ccc3ccccc3c2)cc1.O=C(O)C(F)(F)F. The summed E-state index contributed by atoms with van der Waals surface area (Å²) in [6.07, 6.45) is -3.98. The summed E-state index contributed by atoms with van der Waals surface area (Å²) in [6.45, 7) is 0.264. The highest BCUT2D eigenvalue weighted by Gasteiger charge is 2.38. The van der Waals surface area contributed by atoms with Crippen molar-refractivity contribution in [1.29, 1.82) is 5.41 Å². The Morgan fingerprint density at radius 3 is 1.75 bits per heavy atom. The summed E-state index contributed by atoms with van der Waals surface area (Å²) >= 11 is 0. The first-order valence-electron chi connectivity index (χ1n) is 17.7. The molecule has 0 bridgehead atoms. The minimum Gasteiger partial charge on any atom is -0.475 e. The number of guanidine groups is 1. The van der Waals surface area contributed by atoms with Gasteiger partial charge in [0.2, 0.25) is 17.7 Å². The summed E-state index contributed by atoms with van der Waals surface area (Å²) in [7, 11) is 0. The Kier molecular flexibility index (Phi) is 14.7. The van der Waals surface area contributed by atoms with Gasteiger partial charge in [0, 0.05) is 18.5 Å². The van der Waals surface area contributed by atoms with Crippen LogP contribution in [-0.4, -0.2) is 65.4 Å². The molecule has 0 heterocycles. The smallest absolute Gasteiger partial charge is 0.475 e. The van der Waals surface area contributed by atoms with Gasteiger partial charge in [0.1, 0.15) is 17.9 Å². The number of nitrogens with two attached hydrogens (primary N) is 4. The fraction of sp³-hybridized carbons (Fsp3) is 0.220. The van der Waals surface area contributed by atoms with E-state index in [4.69, 9.17) is 38.2 Å². The van der Waals surface area contributed by atoms with E-state index in [9.17, 15) is 27.6 Å². The fourth-order valence-electron chi connectivity index (χ4n) is 5.99. The first kappa shape index (κ1) is 42.8. The zero-order chi connectivity index (χ0) is 41.7. The Balaban J connectivity index is 0.000000940. The lowest BCUT2D eigenvalue weighted by atomic mass is 9.89. The summed E-state index contributed by atoms with van der Waals surface area (Å²) in [5, 5.41) is 24.7. The topological polar surface area (TPSA) is 253 Å². The molecule has 3 atom stereocenters. The molecule has 0 radical (unpaired) electrons. The van der Waals surface area contributed by atoms with E-state index in [0.717, 1.165) is 38.2 Å². The maximum atomic E-state index is 14.4. The summed E-state index contributed by atoms with van der Waals surface area (Å²) in [5.41, 5.74) is 25.2. The number of rotatable bonds is 15. The Bertz CT molecular complexity index is 2260. The van der Waals surface area contributed by atoms with Crippen LogP contribution in [0.1, 0.15) is 41.0 Å². The third-order valence-corrected chi connectivity index (χ3v) is 8.93. The molecular weight excluding hydrogens is 741 g/mol. The van der Waals surface area contributed by atoms with Crippen molar-refractivity contribution in [1.82, 2.24) is 10.6 Å². The van der Waals surface area contributed by atoms with Crippen LogP contribution in [0.4, 0.5) is 13.2 Å². The lowest BCUT2D eigenvalue weighted by Crippen LogP contribution is -2.54. The maximum Gasteiger partial charge on any atom is 0.490 e. The van der Waals surface area contributed by atoms with Gasteiger partial charge in [0.05, 0.1) is 5.92 Å². The number of aliphatic carboxylic acids is 1. The molecule has 12 N–H and O–H groups in total. The lowest BCUT2D eigenvalue weighted by molar-refractivity contribution is -0.192. The lowest BCUT2D eigenvalue weighted by Gasteiger charge is -2.25. The van der Waals surface area contributed by atoms with E-state index < -0.39 is 42.0 Å². The van der Waals surface area contributed by atoms with E-state index in [-0.39, 0.29) is 37.1 Å². The second-order valence-electron chi connectivity index (χ2n) is 13.1. The van der Waals surface area contributed by atoms with Crippen molar-refractivity contribution >= 4 is 57.0 Å². The van der Waals surface area contributed by atoms with Crippen molar-refractivity contribution in [3.63, 3.8) is 0 Å². The Labute approximate surface area is 325 Å². The van der Waals surface area contributed by atoms with E-state index in [1.165, 1.54) is 0 Å². The highest BCUT2D eigenvalue weighted by atomic mass is 19.4. The van der Waals surface area contributed by atoms with Crippen LogP contribution in [0.25, 0.3) is 21.5 Å². The van der Waals surface area contributed by atoms with Crippen molar-refractivity contribution in [3.05, 3.63) is 131 Å². The third kappa shape index (κ3) is 12.8. The van der Waals surface area contributed by atoms with Gasteiger partial charge in [-0.1, -0.05) is 109 Å². The molecule has 0 aliphatic carbocycles. The first-order chi connectivity index (χ1) is 27.0. The monoisotopic (exact) mass is 784 g/mol. The number of hydrogen-bond donors (Lipinski definition) is 8. The number of carboxylic acids is 1. The summed E-state index contributed by atoms with van der Waals surface area (Å²) in [6, 6.07) is 32.7. The van der Waals surface area contributed by atoms with E-state index in [1.54, 1.807) is 12.1 Å². The number of amidine groups is 1. The second kappa shape index (κ2) is 19.6. The minimum atomic E-state index is -5.08. The number of aliphatic imine (C=N–C) groups is 1.